The van der Waals surface area contributed by atoms with Gasteiger partial charge in [0.15, 0.2) is 0 Å². The van der Waals surface area contributed by atoms with Gasteiger partial charge in [-0.05, 0) is 38.3 Å². The third-order valence-electron chi connectivity index (χ3n) is 3.29. The summed E-state index contributed by atoms with van der Waals surface area (Å²) in [5.41, 5.74) is 0. The number of hydrogen-bond acceptors (Lipinski definition) is 2. The minimum absolute atomic E-state index is 0.224. The number of unbranched alkanes of at least 4 members (excludes halogenated alkanes) is 1. The fourth-order valence-electron chi connectivity index (χ4n) is 2.42. The van der Waals surface area contributed by atoms with E-state index in [9.17, 15) is 4.79 Å². The van der Waals surface area contributed by atoms with E-state index in [2.05, 4.69) is 31.0 Å². The van der Waals surface area contributed by atoms with Crippen LogP contribution < -0.4 is 5.32 Å². The van der Waals surface area contributed by atoms with Crippen LogP contribution in [-0.2, 0) is 4.79 Å². The average molecular weight is 240 g/mol. The summed E-state index contributed by atoms with van der Waals surface area (Å²) in [6, 6.07) is 0.381. The van der Waals surface area contributed by atoms with E-state index in [0.29, 0.717) is 18.4 Å². The number of amides is 1. The first-order valence-corrected chi connectivity index (χ1v) is 7.13. The number of rotatable bonds is 6. The maximum absolute atomic E-state index is 11.7. The molecule has 0 aromatic heterocycles. The lowest BCUT2D eigenvalue weighted by Crippen LogP contribution is -2.48. The molecule has 3 nitrogen and oxygen atoms in total. The van der Waals surface area contributed by atoms with Crippen molar-refractivity contribution in [3.05, 3.63) is 0 Å². The SMILES string of the molecule is CCCCN1CCCC(NC(=O)CC(C)C)C1. The molecule has 0 spiro atoms. The second-order valence-electron chi connectivity index (χ2n) is 5.66. The Bertz CT molecular complexity index is 228. The van der Waals surface area contributed by atoms with E-state index in [1.165, 1.54) is 32.4 Å². The van der Waals surface area contributed by atoms with Gasteiger partial charge in [-0.3, -0.25) is 4.79 Å². The molecule has 17 heavy (non-hydrogen) atoms. The van der Waals surface area contributed by atoms with Gasteiger partial charge in [0.2, 0.25) is 5.91 Å². The van der Waals surface area contributed by atoms with Gasteiger partial charge in [-0.25, -0.2) is 0 Å². The van der Waals surface area contributed by atoms with Crippen LogP contribution >= 0.6 is 0 Å². The molecule has 1 atom stereocenters. The van der Waals surface area contributed by atoms with E-state index >= 15 is 0 Å². The van der Waals surface area contributed by atoms with E-state index in [-0.39, 0.29) is 5.91 Å². The zero-order valence-corrected chi connectivity index (χ0v) is 11.7. The van der Waals surface area contributed by atoms with Gasteiger partial charge in [0.1, 0.15) is 0 Å². The van der Waals surface area contributed by atoms with Crippen molar-refractivity contribution in [3.8, 4) is 0 Å². The third-order valence-corrected chi connectivity index (χ3v) is 3.29. The molecule has 1 aliphatic rings. The van der Waals surface area contributed by atoms with Gasteiger partial charge in [0, 0.05) is 19.0 Å². The van der Waals surface area contributed by atoms with E-state index in [1.807, 2.05) is 0 Å². The molecular formula is C14H28N2O. The van der Waals surface area contributed by atoms with Gasteiger partial charge in [0.25, 0.3) is 0 Å². The summed E-state index contributed by atoms with van der Waals surface area (Å²) in [5, 5.41) is 3.18. The van der Waals surface area contributed by atoms with E-state index in [4.69, 9.17) is 0 Å². The Morgan fingerprint density at radius 3 is 2.88 bits per heavy atom. The highest BCUT2D eigenvalue weighted by atomic mass is 16.1. The molecule has 3 heteroatoms. The molecule has 0 saturated carbocycles. The van der Waals surface area contributed by atoms with Crippen LogP contribution in [-0.4, -0.2) is 36.5 Å². The Morgan fingerprint density at radius 2 is 2.24 bits per heavy atom. The maximum Gasteiger partial charge on any atom is 0.220 e. The molecule has 1 rings (SSSR count). The second kappa shape index (κ2) is 7.70. The molecule has 1 fully saturated rings. The van der Waals surface area contributed by atoms with Gasteiger partial charge in [0.05, 0.1) is 0 Å². The predicted octanol–water partition coefficient (Wildman–Crippen LogP) is 2.41. The summed E-state index contributed by atoms with van der Waals surface area (Å²) in [4.78, 5) is 14.2. The fraction of sp³-hybridized carbons (Fsp3) is 0.929. The number of carbonyl (C=O) groups is 1. The topological polar surface area (TPSA) is 32.3 Å². The van der Waals surface area contributed by atoms with Crippen LogP contribution in [0.3, 0.4) is 0 Å². The molecule has 1 saturated heterocycles. The Hall–Kier alpha value is -0.570. The Morgan fingerprint density at radius 1 is 1.47 bits per heavy atom. The lowest BCUT2D eigenvalue weighted by molar-refractivity contribution is -0.122. The number of piperidine rings is 1. The van der Waals surface area contributed by atoms with E-state index in [0.717, 1.165) is 13.0 Å². The van der Waals surface area contributed by atoms with Crippen LogP contribution in [0.5, 0.6) is 0 Å². The van der Waals surface area contributed by atoms with Crippen LogP contribution in [0.1, 0.15) is 52.9 Å². The van der Waals surface area contributed by atoms with Crippen molar-refractivity contribution in [2.75, 3.05) is 19.6 Å². The van der Waals surface area contributed by atoms with Crippen molar-refractivity contribution in [3.63, 3.8) is 0 Å². The first-order chi connectivity index (χ1) is 8.11. The summed E-state index contributed by atoms with van der Waals surface area (Å²) < 4.78 is 0. The largest absolute Gasteiger partial charge is 0.352 e. The highest BCUT2D eigenvalue weighted by Crippen LogP contribution is 2.11. The lowest BCUT2D eigenvalue weighted by atomic mass is 10.0. The molecule has 0 bridgehead atoms. The van der Waals surface area contributed by atoms with Crippen molar-refractivity contribution >= 4 is 5.91 Å². The summed E-state index contributed by atoms with van der Waals surface area (Å²) in [7, 11) is 0. The van der Waals surface area contributed by atoms with Crippen molar-refractivity contribution in [1.82, 2.24) is 10.2 Å². The number of nitrogens with one attached hydrogen (secondary N) is 1. The smallest absolute Gasteiger partial charge is 0.220 e. The Kier molecular flexibility index (Phi) is 6.56. The number of likely N-dealkylation sites (tertiary alicyclic amines) is 1. The first kappa shape index (κ1) is 14.5. The number of carbonyl (C=O) groups excluding carboxylic acids is 1. The molecule has 0 aromatic rings. The van der Waals surface area contributed by atoms with E-state index < -0.39 is 0 Å². The molecule has 1 N–H and O–H groups in total. The minimum Gasteiger partial charge on any atom is -0.352 e. The molecule has 0 aromatic carbocycles. The summed E-state index contributed by atoms with van der Waals surface area (Å²) >= 11 is 0. The Labute approximate surface area is 106 Å². The Balaban J connectivity index is 2.26. The van der Waals surface area contributed by atoms with Crippen LogP contribution in [0.4, 0.5) is 0 Å². The summed E-state index contributed by atoms with van der Waals surface area (Å²) in [5.74, 6) is 0.678. The molecule has 0 radical (unpaired) electrons. The van der Waals surface area contributed by atoms with Crippen LogP contribution in [0.2, 0.25) is 0 Å². The molecule has 100 valence electrons. The van der Waals surface area contributed by atoms with Gasteiger partial charge in [-0.15, -0.1) is 0 Å². The van der Waals surface area contributed by atoms with Gasteiger partial charge < -0.3 is 10.2 Å². The highest BCUT2D eigenvalue weighted by molar-refractivity contribution is 5.76. The monoisotopic (exact) mass is 240 g/mol. The number of hydrogen-bond donors (Lipinski definition) is 1. The molecular weight excluding hydrogens is 212 g/mol. The average Bonchev–Trinajstić information content (AvgIpc) is 2.25. The van der Waals surface area contributed by atoms with Crippen LogP contribution in [0, 0.1) is 5.92 Å². The van der Waals surface area contributed by atoms with Gasteiger partial charge in [-0.1, -0.05) is 27.2 Å². The molecule has 1 unspecified atom stereocenters. The lowest BCUT2D eigenvalue weighted by Gasteiger charge is -2.33. The zero-order valence-electron chi connectivity index (χ0n) is 11.7. The fourth-order valence-corrected chi connectivity index (χ4v) is 2.42. The summed E-state index contributed by atoms with van der Waals surface area (Å²) in [6.07, 6.45) is 5.54. The second-order valence-corrected chi connectivity index (χ2v) is 5.66. The van der Waals surface area contributed by atoms with Crippen molar-refractivity contribution < 1.29 is 4.79 Å². The standard InChI is InChI=1S/C14H28N2O/c1-4-5-8-16-9-6-7-13(11-16)15-14(17)10-12(2)3/h12-13H,4-11H2,1-3H3,(H,15,17). The highest BCUT2D eigenvalue weighted by Gasteiger charge is 2.20. The minimum atomic E-state index is 0.224. The van der Waals surface area contributed by atoms with Gasteiger partial charge in [-0.2, -0.15) is 0 Å². The molecule has 0 aliphatic carbocycles. The summed E-state index contributed by atoms with van der Waals surface area (Å²) in [6.45, 7) is 9.85. The van der Waals surface area contributed by atoms with Crippen LogP contribution in [0.25, 0.3) is 0 Å². The molecule has 1 heterocycles. The molecule has 1 amide bonds. The predicted molar refractivity (Wildman–Crippen MR) is 72.0 cm³/mol. The third kappa shape index (κ3) is 6.06. The first-order valence-electron chi connectivity index (χ1n) is 7.13. The molecule has 1 aliphatic heterocycles. The van der Waals surface area contributed by atoms with Gasteiger partial charge >= 0.3 is 0 Å². The quantitative estimate of drug-likeness (QED) is 0.773. The van der Waals surface area contributed by atoms with Crippen molar-refractivity contribution in [2.24, 2.45) is 5.92 Å². The van der Waals surface area contributed by atoms with Crippen LogP contribution in [0.15, 0.2) is 0 Å². The van der Waals surface area contributed by atoms with E-state index in [1.54, 1.807) is 0 Å². The van der Waals surface area contributed by atoms with Crippen molar-refractivity contribution in [2.45, 2.75) is 58.9 Å². The normalized spacial score (nSPS) is 21.8. The zero-order chi connectivity index (χ0) is 12.7. The maximum atomic E-state index is 11.7. The van der Waals surface area contributed by atoms with Crippen molar-refractivity contribution in [1.29, 1.82) is 0 Å². The number of nitrogens with zero attached hydrogens (tertiary/aromatic N) is 1.